The molecule has 0 fully saturated rings. The molecule has 2 atom stereocenters. The number of hydrogen-bond acceptors (Lipinski definition) is 5. The third kappa shape index (κ3) is 16.5. The van der Waals surface area contributed by atoms with Gasteiger partial charge in [-0.25, -0.2) is 4.79 Å². The first-order valence-electron chi connectivity index (χ1n) is 12.3. The van der Waals surface area contributed by atoms with Crippen LogP contribution in [0.5, 0.6) is 5.75 Å². The second kappa shape index (κ2) is 19.5. The Morgan fingerprint density at radius 1 is 0.971 bits per heavy atom. The van der Waals surface area contributed by atoms with Crippen molar-refractivity contribution in [2.45, 2.75) is 83.6 Å². The van der Waals surface area contributed by atoms with Gasteiger partial charge in [-0.1, -0.05) is 74.8 Å². The van der Waals surface area contributed by atoms with Crippen molar-refractivity contribution in [2.75, 3.05) is 0 Å². The summed E-state index contributed by atoms with van der Waals surface area (Å²) in [6.07, 6.45) is 22.6. The zero-order valence-electron chi connectivity index (χ0n) is 20.6. The van der Waals surface area contributed by atoms with Crippen LogP contribution in [0, 0.1) is 0 Å². The van der Waals surface area contributed by atoms with Crippen LogP contribution in [-0.2, 0) is 20.6 Å². The molecule has 7 nitrogen and oxygen atoms in total. The monoisotopic (exact) mass is 503 g/mol. The molecule has 1 amide bonds. The predicted molar refractivity (Wildman–Crippen MR) is 137 cm³/mol. The number of carboxylic acids is 1. The van der Waals surface area contributed by atoms with Crippen LogP contribution in [0.2, 0.25) is 0 Å². The molecular weight excluding hydrogens is 465 g/mol. The van der Waals surface area contributed by atoms with E-state index in [4.69, 9.17) is 0 Å². The molecule has 0 bridgehead atoms. The Labute approximate surface area is 209 Å². The van der Waals surface area contributed by atoms with Crippen molar-refractivity contribution >= 4 is 20.1 Å². The van der Waals surface area contributed by atoms with Gasteiger partial charge in [0.2, 0.25) is 5.91 Å². The number of amides is 1. The second-order valence-electron chi connectivity index (χ2n) is 8.22. The van der Waals surface area contributed by atoms with Crippen LogP contribution in [0.15, 0.2) is 60.7 Å². The van der Waals surface area contributed by atoms with Gasteiger partial charge in [0.1, 0.15) is 6.04 Å². The van der Waals surface area contributed by atoms with Gasteiger partial charge in [-0.3, -0.25) is 9.32 Å². The first-order valence-corrected chi connectivity index (χ1v) is 13.4. The van der Waals surface area contributed by atoms with Crippen molar-refractivity contribution in [3.63, 3.8) is 0 Å². The van der Waals surface area contributed by atoms with Crippen LogP contribution >= 0.6 is 8.25 Å². The van der Waals surface area contributed by atoms with E-state index in [9.17, 15) is 24.2 Å². The van der Waals surface area contributed by atoms with Gasteiger partial charge in [0.15, 0.2) is 5.75 Å². The molecule has 192 valence electrons. The Balaban J connectivity index is 2.16. The van der Waals surface area contributed by atoms with Gasteiger partial charge in [0, 0.05) is 12.8 Å². The molecular formula is C27H38NO6P. The zero-order valence-corrected chi connectivity index (χ0v) is 21.5. The number of nitrogens with one attached hydrogen (secondary N) is 1. The molecule has 0 heterocycles. The van der Waals surface area contributed by atoms with Gasteiger partial charge >= 0.3 is 14.2 Å². The number of allylic oxidation sites excluding steroid dienone is 6. The van der Waals surface area contributed by atoms with E-state index in [0.717, 1.165) is 57.8 Å². The predicted octanol–water partition coefficient (Wildman–Crippen LogP) is 5.78. The number of rotatable bonds is 19. The number of carboxylic acid groups (broad SMARTS) is 1. The van der Waals surface area contributed by atoms with Crippen LogP contribution in [-0.4, -0.2) is 23.0 Å². The van der Waals surface area contributed by atoms with E-state index in [1.54, 1.807) is 12.1 Å². The maximum absolute atomic E-state index is 12.2. The summed E-state index contributed by atoms with van der Waals surface area (Å²) in [6.45, 7) is 2.13. The van der Waals surface area contributed by atoms with Crippen LogP contribution < -0.4 is 14.7 Å². The zero-order chi connectivity index (χ0) is 25.7. The van der Waals surface area contributed by atoms with E-state index >= 15 is 0 Å². The second-order valence-corrected chi connectivity index (χ2v) is 8.85. The quantitative estimate of drug-likeness (QED) is 0.140. The summed E-state index contributed by atoms with van der Waals surface area (Å²) in [5.74, 6) is -1.24. The van der Waals surface area contributed by atoms with E-state index in [-0.39, 0.29) is 18.1 Å². The SMILES string of the molecule is CC/C=C/C/C=C/C/C=C/CCCCCCCC(=O)NC(Cc1ccc(O[P+](=O)[O-])cc1)C(=O)O. The maximum atomic E-state index is 12.2. The van der Waals surface area contributed by atoms with Crippen LogP contribution in [0.3, 0.4) is 0 Å². The Kier molecular flexibility index (Phi) is 16.9. The fourth-order valence-corrected chi connectivity index (χ4v) is 3.67. The molecule has 0 aliphatic heterocycles. The van der Waals surface area contributed by atoms with E-state index in [0.29, 0.717) is 12.0 Å². The minimum absolute atomic E-state index is 0.101. The van der Waals surface area contributed by atoms with E-state index in [1.807, 2.05) is 0 Å². The molecule has 2 N–H and O–H groups in total. The lowest BCUT2D eigenvalue weighted by Crippen LogP contribution is -2.42. The number of hydrogen-bond donors (Lipinski definition) is 2. The molecule has 0 saturated heterocycles. The smallest absolute Gasteiger partial charge is 0.539 e. The average molecular weight is 504 g/mol. The van der Waals surface area contributed by atoms with Crippen LogP contribution in [0.1, 0.15) is 76.7 Å². The highest BCUT2D eigenvalue weighted by molar-refractivity contribution is 7.31. The highest BCUT2D eigenvalue weighted by atomic mass is 31.1. The van der Waals surface area contributed by atoms with E-state index in [2.05, 4.69) is 53.2 Å². The summed E-state index contributed by atoms with van der Waals surface area (Å²) in [5.41, 5.74) is 0.653. The first kappa shape index (κ1) is 30.3. The summed E-state index contributed by atoms with van der Waals surface area (Å²) in [7, 11) is -3.00. The highest BCUT2D eigenvalue weighted by Gasteiger charge is 2.20. The van der Waals surface area contributed by atoms with E-state index in [1.165, 1.54) is 12.1 Å². The summed E-state index contributed by atoms with van der Waals surface area (Å²) in [4.78, 5) is 34.3. The lowest BCUT2D eigenvalue weighted by Gasteiger charge is -2.14. The fraction of sp³-hybridized carbons (Fsp3) is 0.481. The van der Waals surface area contributed by atoms with Crippen LogP contribution in [0.4, 0.5) is 0 Å². The first-order chi connectivity index (χ1) is 16.9. The largest absolute Gasteiger partial charge is 0.558 e. The molecule has 35 heavy (non-hydrogen) atoms. The lowest BCUT2D eigenvalue weighted by atomic mass is 10.0. The molecule has 0 aromatic heterocycles. The molecule has 0 spiro atoms. The number of carbonyl (C=O) groups is 2. The molecule has 1 rings (SSSR count). The third-order valence-electron chi connectivity index (χ3n) is 5.23. The third-order valence-corrected chi connectivity index (χ3v) is 5.59. The Bertz CT molecular complexity index is 848. The average Bonchev–Trinajstić information content (AvgIpc) is 2.82. The molecule has 0 radical (unpaired) electrons. The van der Waals surface area contributed by atoms with Crippen molar-refractivity contribution in [2.24, 2.45) is 0 Å². The van der Waals surface area contributed by atoms with Crippen molar-refractivity contribution in [3.8, 4) is 5.75 Å². The molecule has 1 aromatic carbocycles. The Morgan fingerprint density at radius 2 is 1.57 bits per heavy atom. The van der Waals surface area contributed by atoms with Gasteiger partial charge in [0.25, 0.3) is 0 Å². The van der Waals surface area contributed by atoms with Crippen molar-refractivity contribution in [3.05, 3.63) is 66.3 Å². The summed E-state index contributed by atoms with van der Waals surface area (Å²) in [6, 6.07) is 5.01. The normalized spacial score (nSPS) is 12.9. The van der Waals surface area contributed by atoms with Gasteiger partial charge in [-0.05, 0) is 60.8 Å². The van der Waals surface area contributed by atoms with Crippen LogP contribution in [0.25, 0.3) is 0 Å². The Morgan fingerprint density at radius 3 is 2.20 bits per heavy atom. The van der Waals surface area contributed by atoms with Gasteiger partial charge in [-0.2, -0.15) is 0 Å². The molecule has 1 aromatic rings. The summed E-state index contributed by atoms with van der Waals surface area (Å²) in [5, 5.41) is 12.0. The summed E-state index contributed by atoms with van der Waals surface area (Å²) < 4.78 is 15.1. The topological polar surface area (TPSA) is 116 Å². The molecule has 2 unspecified atom stereocenters. The number of carbonyl (C=O) groups excluding carboxylic acids is 1. The Hall–Kier alpha value is -2.76. The van der Waals surface area contributed by atoms with E-state index < -0.39 is 20.3 Å². The fourth-order valence-electron chi connectivity index (χ4n) is 3.38. The van der Waals surface area contributed by atoms with Gasteiger partial charge < -0.3 is 15.3 Å². The number of aliphatic carboxylic acids is 1. The summed E-state index contributed by atoms with van der Waals surface area (Å²) >= 11 is 0. The van der Waals surface area contributed by atoms with Gasteiger partial charge in [0.05, 0.1) is 0 Å². The standard InChI is InChI=1S/C27H38NO6P/c1-2-3-4-5-6-7-8-9-10-11-12-13-14-15-16-17-26(29)28-25(27(30)31)22-23-18-20-24(21-19-23)34-35(32)33/h3-4,6-7,9-10,18-21,25H,2,5,8,11-17,22H2,1H3,(H,28,29)(H,30,31)/b4-3+,7-6+,10-9+. The van der Waals surface area contributed by atoms with Gasteiger partial charge in [-0.15, -0.1) is 0 Å². The maximum Gasteiger partial charge on any atom is 0.539 e. The van der Waals surface area contributed by atoms with Crippen molar-refractivity contribution < 1.29 is 28.7 Å². The number of benzene rings is 1. The molecule has 0 aliphatic rings. The number of unbranched alkanes of at least 4 members (excludes halogenated alkanes) is 5. The lowest BCUT2D eigenvalue weighted by molar-refractivity contribution is -0.178. The highest BCUT2D eigenvalue weighted by Crippen LogP contribution is 2.20. The van der Waals surface area contributed by atoms with Crippen molar-refractivity contribution in [1.82, 2.24) is 5.32 Å². The molecule has 0 aliphatic carbocycles. The minimum Gasteiger partial charge on any atom is -0.558 e. The molecule has 8 heteroatoms. The van der Waals surface area contributed by atoms with Crippen molar-refractivity contribution in [1.29, 1.82) is 0 Å². The minimum atomic E-state index is -3.00. The molecule has 0 saturated carbocycles.